The summed E-state index contributed by atoms with van der Waals surface area (Å²) in [4.78, 5) is 26.2. The maximum atomic E-state index is 13.8. The normalized spacial score (nSPS) is 20.4. The minimum Gasteiger partial charge on any atom is -0.444 e. The molecule has 0 bridgehead atoms. The Morgan fingerprint density at radius 1 is 1.19 bits per heavy atom. The molecular weight excluding hydrogens is 449 g/mol. The Morgan fingerprint density at radius 2 is 1.88 bits per heavy atom. The zero-order chi connectivity index (χ0) is 23.5. The molecule has 0 aromatic heterocycles. The SMILES string of the molecule is CC(C)(C)OC(=O)NC[C@@]1(C(=O)c2ccc(C#N)cc2)CNC[C@@H]1c1ccc(Cl)c(Cl)c1. The molecule has 1 saturated heterocycles. The third-order valence-corrected chi connectivity index (χ3v) is 6.22. The van der Waals surface area contributed by atoms with Crippen molar-refractivity contribution in [2.75, 3.05) is 19.6 Å². The smallest absolute Gasteiger partial charge is 0.407 e. The van der Waals surface area contributed by atoms with Gasteiger partial charge >= 0.3 is 6.09 Å². The maximum absolute atomic E-state index is 13.8. The number of ketones is 1. The molecular formula is C24H25Cl2N3O3. The molecule has 1 aliphatic heterocycles. The maximum Gasteiger partial charge on any atom is 0.407 e. The molecule has 2 aromatic carbocycles. The minimum atomic E-state index is -0.984. The zero-order valence-electron chi connectivity index (χ0n) is 18.2. The predicted octanol–water partition coefficient (Wildman–Crippen LogP) is 4.95. The number of alkyl carbamates (subject to hydrolysis) is 1. The molecule has 1 amide bonds. The highest BCUT2D eigenvalue weighted by Gasteiger charge is 2.50. The topological polar surface area (TPSA) is 91.2 Å². The number of hydrogen-bond donors (Lipinski definition) is 2. The van der Waals surface area contributed by atoms with Crippen molar-refractivity contribution in [2.24, 2.45) is 5.41 Å². The van der Waals surface area contributed by atoms with Crippen molar-refractivity contribution < 1.29 is 14.3 Å². The first-order chi connectivity index (χ1) is 15.1. The van der Waals surface area contributed by atoms with Gasteiger partial charge in [0.2, 0.25) is 0 Å². The van der Waals surface area contributed by atoms with Crippen LogP contribution in [0.5, 0.6) is 0 Å². The highest BCUT2D eigenvalue weighted by Crippen LogP contribution is 2.43. The number of nitrogens with one attached hydrogen (secondary N) is 2. The predicted molar refractivity (Wildman–Crippen MR) is 124 cm³/mol. The third kappa shape index (κ3) is 5.24. The van der Waals surface area contributed by atoms with Gasteiger partial charge in [0, 0.05) is 31.1 Å². The van der Waals surface area contributed by atoms with E-state index in [1.54, 1.807) is 57.2 Å². The van der Waals surface area contributed by atoms with Crippen LogP contribution in [0.1, 0.15) is 48.2 Å². The molecule has 168 valence electrons. The number of nitriles is 1. The second-order valence-electron chi connectivity index (χ2n) is 8.89. The van der Waals surface area contributed by atoms with Crippen molar-refractivity contribution in [3.63, 3.8) is 0 Å². The van der Waals surface area contributed by atoms with Gasteiger partial charge in [-0.3, -0.25) is 4.79 Å². The quantitative estimate of drug-likeness (QED) is 0.599. The van der Waals surface area contributed by atoms with Crippen LogP contribution in [0.4, 0.5) is 4.79 Å². The number of carbonyl (C=O) groups is 2. The Kier molecular flexibility index (Phi) is 7.14. The number of nitrogens with zero attached hydrogens (tertiary/aromatic N) is 1. The molecule has 0 aliphatic carbocycles. The number of ether oxygens (including phenoxy) is 1. The summed E-state index contributed by atoms with van der Waals surface area (Å²) >= 11 is 12.4. The Bertz CT molecular complexity index is 1060. The number of hydrogen-bond acceptors (Lipinski definition) is 5. The molecule has 1 fully saturated rings. The lowest BCUT2D eigenvalue weighted by molar-refractivity contribution is 0.0493. The van der Waals surface area contributed by atoms with E-state index in [0.717, 1.165) is 5.56 Å². The summed E-state index contributed by atoms with van der Waals surface area (Å²) in [5.41, 5.74) is 0.127. The first-order valence-electron chi connectivity index (χ1n) is 10.2. The number of benzene rings is 2. The second-order valence-corrected chi connectivity index (χ2v) is 9.70. The molecule has 2 aromatic rings. The van der Waals surface area contributed by atoms with Gasteiger partial charge in [-0.1, -0.05) is 41.4 Å². The molecule has 6 nitrogen and oxygen atoms in total. The van der Waals surface area contributed by atoms with Crippen molar-refractivity contribution in [3.05, 3.63) is 69.2 Å². The molecule has 32 heavy (non-hydrogen) atoms. The lowest BCUT2D eigenvalue weighted by Crippen LogP contribution is -2.48. The summed E-state index contributed by atoms with van der Waals surface area (Å²) in [5, 5.41) is 16.0. The van der Waals surface area contributed by atoms with Gasteiger partial charge in [0.15, 0.2) is 5.78 Å². The van der Waals surface area contributed by atoms with Crippen molar-refractivity contribution in [3.8, 4) is 6.07 Å². The summed E-state index contributed by atoms with van der Waals surface area (Å²) in [6.45, 7) is 6.28. The van der Waals surface area contributed by atoms with Crippen LogP contribution < -0.4 is 10.6 Å². The standard InChI is InChI=1S/C24H25Cl2N3O3/c1-23(2,3)32-22(31)29-14-24(21(30)16-6-4-15(11-27)5-7-16)13-28-12-18(24)17-8-9-19(25)20(26)10-17/h4-10,18,28H,12-14H2,1-3H3,(H,29,31)/t18-,24+/m1/s1. The average molecular weight is 474 g/mol. The van der Waals surface area contributed by atoms with Gasteiger partial charge in [0.1, 0.15) is 5.60 Å². The van der Waals surface area contributed by atoms with Gasteiger partial charge in [-0.05, 0) is 50.6 Å². The molecule has 0 radical (unpaired) electrons. The van der Waals surface area contributed by atoms with Gasteiger partial charge in [0.25, 0.3) is 0 Å². The molecule has 2 N–H and O–H groups in total. The van der Waals surface area contributed by atoms with Crippen LogP contribution in [0.25, 0.3) is 0 Å². The van der Waals surface area contributed by atoms with E-state index in [4.69, 9.17) is 33.2 Å². The molecule has 2 atom stereocenters. The lowest BCUT2D eigenvalue weighted by Gasteiger charge is -2.34. The van der Waals surface area contributed by atoms with Gasteiger partial charge in [-0.15, -0.1) is 0 Å². The first-order valence-corrected chi connectivity index (χ1v) is 11.0. The molecule has 8 heteroatoms. The third-order valence-electron chi connectivity index (χ3n) is 5.48. The summed E-state index contributed by atoms with van der Waals surface area (Å²) in [7, 11) is 0. The summed E-state index contributed by atoms with van der Waals surface area (Å²) in [6.07, 6.45) is -0.593. The van der Waals surface area contributed by atoms with Gasteiger partial charge in [0.05, 0.1) is 27.1 Å². The Morgan fingerprint density at radius 3 is 2.47 bits per heavy atom. The molecule has 1 heterocycles. The second kappa shape index (κ2) is 9.50. The summed E-state index contributed by atoms with van der Waals surface area (Å²) in [6, 6.07) is 13.9. The van der Waals surface area contributed by atoms with Crippen LogP contribution in [-0.4, -0.2) is 37.1 Å². The molecule has 3 rings (SSSR count). The number of rotatable bonds is 5. The molecule has 1 aliphatic rings. The van der Waals surface area contributed by atoms with Gasteiger partial charge < -0.3 is 15.4 Å². The van der Waals surface area contributed by atoms with Crippen LogP contribution in [-0.2, 0) is 4.74 Å². The number of carbonyl (C=O) groups excluding carboxylic acids is 2. The fraction of sp³-hybridized carbons (Fsp3) is 0.375. The highest BCUT2D eigenvalue weighted by molar-refractivity contribution is 6.42. The summed E-state index contributed by atoms with van der Waals surface area (Å²) in [5.74, 6) is -0.408. The van der Waals surface area contributed by atoms with E-state index in [1.807, 2.05) is 6.07 Å². The van der Waals surface area contributed by atoms with Crippen LogP contribution >= 0.6 is 23.2 Å². The van der Waals surface area contributed by atoms with Gasteiger partial charge in [-0.2, -0.15) is 5.26 Å². The largest absolute Gasteiger partial charge is 0.444 e. The number of Topliss-reactive ketones (excluding diaryl/α,β-unsaturated/α-hetero) is 1. The van der Waals surface area contributed by atoms with E-state index >= 15 is 0 Å². The monoisotopic (exact) mass is 473 g/mol. The fourth-order valence-corrected chi connectivity index (χ4v) is 4.26. The van der Waals surface area contributed by atoms with Crippen LogP contribution in [0.2, 0.25) is 10.0 Å². The summed E-state index contributed by atoms with van der Waals surface area (Å²) < 4.78 is 5.38. The van der Waals surface area contributed by atoms with Crippen molar-refractivity contribution in [1.29, 1.82) is 5.26 Å². The van der Waals surface area contributed by atoms with E-state index in [-0.39, 0.29) is 18.2 Å². The van der Waals surface area contributed by atoms with Crippen molar-refractivity contribution in [1.82, 2.24) is 10.6 Å². The Labute approximate surface area is 197 Å². The number of halogens is 2. The van der Waals surface area contributed by atoms with Crippen molar-refractivity contribution in [2.45, 2.75) is 32.3 Å². The Balaban J connectivity index is 1.99. The highest BCUT2D eigenvalue weighted by atomic mass is 35.5. The molecule has 0 spiro atoms. The lowest BCUT2D eigenvalue weighted by atomic mass is 9.69. The minimum absolute atomic E-state index is 0.0681. The zero-order valence-corrected chi connectivity index (χ0v) is 19.7. The fourth-order valence-electron chi connectivity index (χ4n) is 3.96. The molecule has 0 saturated carbocycles. The van der Waals surface area contributed by atoms with E-state index in [0.29, 0.717) is 34.3 Å². The molecule has 0 unspecified atom stereocenters. The van der Waals surface area contributed by atoms with E-state index in [9.17, 15) is 9.59 Å². The van der Waals surface area contributed by atoms with Crippen LogP contribution in [0, 0.1) is 16.7 Å². The van der Waals surface area contributed by atoms with Gasteiger partial charge in [-0.25, -0.2) is 4.79 Å². The van der Waals surface area contributed by atoms with Crippen LogP contribution in [0.15, 0.2) is 42.5 Å². The first kappa shape index (κ1) is 24.1. The van der Waals surface area contributed by atoms with Crippen molar-refractivity contribution >= 4 is 35.1 Å². The number of amides is 1. The van der Waals surface area contributed by atoms with E-state index in [2.05, 4.69) is 16.7 Å². The van der Waals surface area contributed by atoms with E-state index < -0.39 is 17.1 Å². The van der Waals surface area contributed by atoms with Crippen LogP contribution in [0.3, 0.4) is 0 Å². The van der Waals surface area contributed by atoms with E-state index in [1.165, 1.54) is 0 Å². The average Bonchev–Trinajstić information content (AvgIpc) is 3.17. The Hall–Kier alpha value is -2.59.